The minimum atomic E-state index is -4.55. The van der Waals surface area contributed by atoms with E-state index in [1.807, 2.05) is 18.2 Å². The van der Waals surface area contributed by atoms with Crippen LogP contribution in [0.1, 0.15) is 17.2 Å². The predicted octanol–water partition coefficient (Wildman–Crippen LogP) is 1.94. The molecule has 1 amide bonds. The van der Waals surface area contributed by atoms with Crippen LogP contribution in [0.2, 0.25) is 0 Å². The smallest absolute Gasteiger partial charge is 0.348 e. The van der Waals surface area contributed by atoms with Crippen molar-refractivity contribution in [3.05, 3.63) is 65.7 Å². The molecule has 0 saturated carbocycles. The highest BCUT2D eigenvalue weighted by molar-refractivity contribution is 5.78. The van der Waals surface area contributed by atoms with Crippen LogP contribution in [0.5, 0.6) is 0 Å². The van der Waals surface area contributed by atoms with Gasteiger partial charge in [0.25, 0.3) is 0 Å². The van der Waals surface area contributed by atoms with Crippen LogP contribution in [0.3, 0.4) is 0 Å². The van der Waals surface area contributed by atoms with Crippen LogP contribution in [0.25, 0.3) is 5.69 Å². The van der Waals surface area contributed by atoms with Crippen molar-refractivity contribution in [2.45, 2.75) is 19.1 Å². The molecule has 134 valence electrons. The highest BCUT2D eigenvalue weighted by Crippen LogP contribution is 2.27. The third-order valence-corrected chi connectivity index (χ3v) is 3.42. The summed E-state index contributed by atoms with van der Waals surface area (Å²) in [5.74, 6) is -0.0963. The van der Waals surface area contributed by atoms with Crippen molar-refractivity contribution < 1.29 is 18.0 Å². The van der Waals surface area contributed by atoms with E-state index in [1.54, 1.807) is 12.1 Å². The van der Waals surface area contributed by atoms with E-state index < -0.39 is 17.8 Å². The van der Waals surface area contributed by atoms with Crippen molar-refractivity contribution >= 4 is 5.91 Å². The largest absolute Gasteiger partial charge is 0.433 e. The first kappa shape index (κ1) is 17.5. The van der Waals surface area contributed by atoms with E-state index in [1.165, 1.54) is 16.8 Å². The number of carbonyl (C=O) groups is 1. The lowest BCUT2D eigenvalue weighted by Crippen LogP contribution is -2.26. The molecule has 0 fully saturated rings. The summed E-state index contributed by atoms with van der Waals surface area (Å²) >= 11 is 0. The molecule has 0 aliphatic heterocycles. The number of nitrogens with one attached hydrogen (secondary N) is 1. The number of tetrazole rings is 1. The Morgan fingerprint density at radius 1 is 1.08 bits per heavy atom. The SMILES string of the molecule is O=C(Cc1cccc(C(F)(F)F)n1)NCc1nnnn1-c1ccccc1. The Balaban J connectivity index is 1.63. The number of carbonyl (C=O) groups excluding carboxylic acids is 1. The number of benzene rings is 1. The van der Waals surface area contributed by atoms with Crippen molar-refractivity contribution in [2.75, 3.05) is 0 Å². The van der Waals surface area contributed by atoms with Crippen LogP contribution in [-0.2, 0) is 23.9 Å². The summed E-state index contributed by atoms with van der Waals surface area (Å²) in [6.07, 6.45) is -4.83. The number of amides is 1. The van der Waals surface area contributed by atoms with Crippen LogP contribution in [0, 0.1) is 0 Å². The molecule has 0 radical (unpaired) electrons. The Kier molecular flexibility index (Phi) is 4.92. The molecule has 1 N–H and O–H groups in total. The van der Waals surface area contributed by atoms with Gasteiger partial charge in [-0.2, -0.15) is 17.9 Å². The van der Waals surface area contributed by atoms with Crippen molar-refractivity contribution in [3.8, 4) is 5.69 Å². The lowest BCUT2D eigenvalue weighted by atomic mass is 10.2. The molecule has 0 spiro atoms. The van der Waals surface area contributed by atoms with Crippen LogP contribution in [0.15, 0.2) is 48.5 Å². The standard InChI is InChI=1S/C16H13F3N6O/c17-16(18,19)13-8-4-5-11(21-13)9-15(26)20-10-14-22-23-24-25(14)12-6-2-1-3-7-12/h1-8H,9-10H2,(H,20,26). The van der Waals surface area contributed by atoms with Crippen molar-refractivity contribution in [1.82, 2.24) is 30.5 Å². The topological polar surface area (TPSA) is 85.6 Å². The molecule has 0 aliphatic rings. The highest BCUT2D eigenvalue weighted by atomic mass is 19.4. The highest BCUT2D eigenvalue weighted by Gasteiger charge is 2.32. The van der Waals surface area contributed by atoms with Crippen molar-refractivity contribution in [3.63, 3.8) is 0 Å². The maximum atomic E-state index is 12.7. The normalized spacial score (nSPS) is 11.3. The zero-order valence-electron chi connectivity index (χ0n) is 13.3. The van der Waals surface area contributed by atoms with Gasteiger partial charge < -0.3 is 5.32 Å². The van der Waals surface area contributed by atoms with E-state index in [4.69, 9.17) is 0 Å². The summed E-state index contributed by atoms with van der Waals surface area (Å²) < 4.78 is 39.4. The third kappa shape index (κ3) is 4.21. The van der Waals surface area contributed by atoms with Gasteiger partial charge in [0.15, 0.2) is 5.82 Å². The zero-order valence-corrected chi connectivity index (χ0v) is 13.3. The monoisotopic (exact) mass is 362 g/mol. The lowest BCUT2D eigenvalue weighted by molar-refractivity contribution is -0.141. The summed E-state index contributed by atoms with van der Waals surface area (Å²) in [4.78, 5) is 15.5. The number of hydrogen-bond acceptors (Lipinski definition) is 5. The fourth-order valence-electron chi connectivity index (χ4n) is 2.23. The molecule has 2 heterocycles. The fraction of sp³-hybridized carbons (Fsp3) is 0.188. The van der Waals surface area contributed by atoms with Gasteiger partial charge in [0, 0.05) is 0 Å². The molecular weight excluding hydrogens is 349 g/mol. The average Bonchev–Trinajstić information content (AvgIpc) is 3.09. The van der Waals surface area contributed by atoms with E-state index in [0.717, 1.165) is 11.8 Å². The van der Waals surface area contributed by atoms with Gasteiger partial charge >= 0.3 is 6.18 Å². The van der Waals surface area contributed by atoms with Crippen LogP contribution in [-0.4, -0.2) is 31.1 Å². The summed E-state index contributed by atoms with van der Waals surface area (Å²) in [6.45, 7) is 0.0275. The van der Waals surface area contributed by atoms with E-state index >= 15 is 0 Å². The molecule has 0 saturated heterocycles. The summed E-state index contributed by atoms with van der Waals surface area (Å²) in [6, 6.07) is 12.5. The number of pyridine rings is 1. The van der Waals surface area contributed by atoms with E-state index in [0.29, 0.717) is 5.82 Å². The second-order valence-electron chi connectivity index (χ2n) is 5.31. The molecule has 3 rings (SSSR count). The van der Waals surface area contributed by atoms with Gasteiger partial charge in [-0.15, -0.1) is 5.10 Å². The van der Waals surface area contributed by atoms with Crippen LogP contribution in [0.4, 0.5) is 13.2 Å². The first-order valence-electron chi connectivity index (χ1n) is 7.56. The molecule has 10 heteroatoms. The first-order valence-corrected chi connectivity index (χ1v) is 7.56. The average molecular weight is 362 g/mol. The summed E-state index contributed by atoms with van der Waals surface area (Å²) in [5, 5.41) is 13.8. The van der Waals surface area contributed by atoms with Crippen molar-refractivity contribution in [2.24, 2.45) is 0 Å². The van der Waals surface area contributed by atoms with Gasteiger partial charge in [-0.25, -0.2) is 4.98 Å². The van der Waals surface area contributed by atoms with Crippen LogP contribution >= 0.6 is 0 Å². The van der Waals surface area contributed by atoms with Gasteiger partial charge in [0.1, 0.15) is 5.69 Å². The molecule has 0 bridgehead atoms. The van der Waals surface area contributed by atoms with E-state index in [2.05, 4.69) is 25.8 Å². The first-order chi connectivity index (χ1) is 12.4. The molecule has 0 aliphatic carbocycles. The number of halogens is 3. The van der Waals surface area contributed by atoms with E-state index in [-0.39, 0.29) is 18.7 Å². The number of para-hydroxylation sites is 1. The van der Waals surface area contributed by atoms with E-state index in [9.17, 15) is 18.0 Å². The van der Waals surface area contributed by atoms with Gasteiger partial charge in [-0.05, 0) is 34.7 Å². The Bertz CT molecular complexity index is 894. The Labute approximate surface area is 145 Å². The lowest BCUT2D eigenvalue weighted by Gasteiger charge is -2.08. The number of hydrogen-bond donors (Lipinski definition) is 1. The number of aromatic nitrogens is 5. The third-order valence-electron chi connectivity index (χ3n) is 3.42. The Morgan fingerprint density at radius 2 is 1.85 bits per heavy atom. The van der Waals surface area contributed by atoms with Crippen LogP contribution < -0.4 is 5.32 Å². The van der Waals surface area contributed by atoms with Crippen molar-refractivity contribution in [1.29, 1.82) is 0 Å². The maximum Gasteiger partial charge on any atom is 0.433 e. The molecule has 3 aromatic rings. The molecule has 2 aromatic heterocycles. The van der Waals surface area contributed by atoms with Gasteiger partial charge in [0.05, 0.1) is 24.3 Å². The number of alkyl halides is 3. The minimum absolute atomic E-state index is 0.0275. The van der Waals surface area contributed by atoms with Gasteiger partial charge in [-0.1, -0.05) is 24.3 Å². The van der Waals surface area contributed by atoms with Gasteiger partial charge in [-0.3, -0.25) is 4.79 Å². The minimum Gasteiger partial charge on any atom is -0.348 e. The second kappa shape index (κ2) is 7.30. The van der Waals surface area contributed by atoms with Gasteiger partial charge in [0.2, 0.25) is 5.91 Å². The molecule has 0 unspecified atom stereocenters. The predicted molar refractivity (Wildman–Crippen MR) is 83.9 cm³/mol. The maximum absolute atomic E-state index is 12.7. The number of rotatable bonds is 5. The summed E-state index contributed by atoms with van der Waals surface area (Å²) in [5.41, 5.74) is -0.280. The molecule has 0 atom stereocenters. The zero-order chi connectivity index (χ0) is 18.6. The quantitative estimate of drug-likeness (QED) is 0.750. The molecular formula is C16H13F3N6O. The Hall–Kier alpha value is -3.30. The second-order valence-corrected chi connectivity index (χ2v) is 5.31. The summed E-state index contributed by atoms with van der Waals surface area (Å²) in [7, 11) is 0. The number of nitrogens with zero attached hydrogens (tertiary/aromatic N) is 5. The molecule has 1 aromatic carbocycles. The molecule has 7 nitrogen and oxygen atoms in total. The molecule has 26 heavy (non-hydrogen) atoms. The fourth-order valence-corrected chi connectivity index (χ4v) is 2.23. The Morgan fingerprint density at radius 3 is 2.58 bits per heavy atom.